The topological polar surface area (TPSA) is 109 Å². The molecule has 0 fully saturated rings. The molecule has 0 spiro atoms. The predicted molar refractivity (Wildman–Crippen MR) is 135 cm³/mol. The highest BCUT2D eigenvalue weighted by atomic mass is 32.2. The Morgan fingerprint density at radius 3 is 2.26 bits per heavy atom. The summed E-state index contributed by atoms with van der Waals surface area (Å²) in [6.45, 7) is 6.09. The summed E-state index contributed by atoms with van der Waals surface area (Å²) in [5, 5.41) is 0. The number of sulfonamides is 1. The number of carbonyl (C=O) groups excluding carboxylic acids is 1. The SMILES string of the molecule is COc1c(N(C)C(=O)c2ccc(NS(C)(=O)=O)cc2)cc(-c2ccc[nH]c2=O)cc1C(C)(C)C. The molecule has 0 radical (unpaired) electrons. The van der Waals surface area contributed by atoms with Crippen LogP contribution in [0, 0.1) is 0 Å². The van der Waals surface area contributed by atoms with E-state index >= 15 is 0 Å². The molecule has 3 aromatic rings. The van der Waals surface area contributed by atoms with Gasteiger partial charge in [-0.3, -0.25) is 14.3 Å². The number of amides is 1. The lowest BCUT2D eigenvalue weighted by Crippen LogP contribution is -2.28. The summed E-state index contributed by atoms with van der Waals surface area (Å²) in [7, 11) is -0.240. The second kappa shape index (κ2) is 9.34. The molecule has 180 valence electrons. The molecule has 0 saturated heterocycles. The third kappa shape index (κ3) is 5.48. The Morgan fingerprint density at radius 1 is 1.09 bits per heavy atom. The maximum atomic E-state index is 13.3. The van der Waals surface area contributed by atoms with Crippen molar-refractivity contribution in [1.82, 2.24) is 4.98 Å². The van der Waals surface area contributed by atoms with Gasteiger partial charge in [0.05, 0.1) is 19.1 Å². The molecule has 3 rings (SSSR count). The van der Waals surface area contributed by atoms with Gasteiger partial charge in [-0.05, 0) is 59.5 Å². The van der Waals surface area contributed by atoms with Crippen LogP contribution in [-0.2, 0) is 15.4 Å². The van der Waals surface area contributed by atoms with Gasteiger partial charge in [-0.25, -0.2) is 8.42 Å². The number of pyridine rings is 1. The molecule has 1 heterocycles. The van der Waals surface area contributed by atoms with Gasteiger partial charge in [-0.15, -0.1) is 0 Å². The number of H-pyrrole nitrogens is 1. The van der Waals surface area contributed by atoms with Crippen LogP contribution >= 0.6 is 0 Å². The number of nitrogens with one attached hydrogen (secondary N) is 2. The molecular weight excluding hydrogens is 454 g/mol. The van der Waals surface area contributed by atoms with Crippen LogP contribution in [0.5, 0.6) is 5.75 Å². The van der Waals surface area contributed by atoms with Gasteiger partial charge in [-0.1, -0.05) is 20.8 Å². The molecule has 0 saturated carbocycles. The van der Waals surface area contributed by atoms with Crippen molar-refractivity contribution >= 4 is 27.3 Å². The van der Waals surface area contributed by atoms with Gasteiger partial charge in [0, 0.05) is 35.6 Å². The summed E-state index contributed by atoms with van der Waals surface area (Å²) in [5.41, 5.74) is 2.66. The zero-order chi connectivity index (χ0) is 25.3. The van der Waals surface area contributed by atoms with Crippen LogP contribution in [0.25, 0.3) is 11.1 Å². The molecule has 1 aromatic heterocycles. The average molecular weight is 484 g/mol. The van der Waals surface area contributed by atoms with Crippen molar-refractivity contribution < 1.29 is 17.9 Å². The Morgan fingerprint density at radius 2 is 1.74 bits per heavy atom. The molecule has 34 heavy (non-hydrogen) atoms. The number of anilines is 2. The first-order chi connectivity index (χ1) is 15.8. The Labute approximate surface area is 199 Å². The van der Waals surface area contributed by atoms with Crippen LogP contribution in [0.4, 0.5) is 11.4 Å². The fourth-order valence-corrected chi connectivity index (χ4v) is 4.20. The van der Waals surface area contributed by atoms with E-state index in [1.54, 1.807) is 50.7 Å². The third-order valence-corrected chi connectivity index (χ3v) is 5.92. The molecule has 2 aromatic carbocycles. The molecule has 0 bridgehead atoms. The number of benzene rings is 2. The highest BCUT2D eigenvalue weighted by molar-refractivity contribution is 7.92. The Bertz CT molecular complexity index is 1370. The van der Waals surface area contributed by atoms with E-state index in [1.165, 1.54) is 17.0 Å². The van der Waals surface area contributed by atoms with Crippen molar-refractivity contribution in [3.63, 3.8) is 0 Å². The van der Waals surface area contributed by atoms with Crippen molar-refractivity contribution in [2.45, 2.75) is 26.2 Å². The minimum Gasteiger partial charge on any atom is -0.494 e. The number of hydrogen-bond donors (Lipinski definition) is 2. The van der Waals surface area contributed by atoms with Gasteiger partial charge >= 0.3 is 0 Å². The molecule has 0 unspecified atom stereocenters. The lowest BCUT2D eigenvalue weighted by Gasteiger charge is -2.28. The smallest absolute Gasteiger partial charge is 0.258 e. The van der Waals surface area contributed by atoms with E-state index in [0.717, 1.165) is 11.8 Å². The molecular formula is C25H29N3O5S. The van der Waals surface area contributed by atoms with Crippen molar-refractivity contribution in [3.8, 4) is 16.9 Å². The Balaban J connectivity index is 2.11. The second-order valence-corrected chi connectivity index (χ2v) is 10.8. The van der Waals surface area contributed by atoms with E-state index in [9.17, 15) is 18.0 Å². The molecule has 0 aliphatic carbocycles. The Hall–Kier alpha value is -3.59. The molecule has 9 heteroatoms. The summed E-state index contributed by atoms with van der Waals surface area (Å²) in [6, 6.07) is 13.3. The molecule has 0 aliphatic heterocycles. The summed E-state index contributed by atoms with van der Waals surface area (Å²) in [5.74, 6) is 0.220. The highest BCUT2D eigenvalue weighted by Gasteiger charge is 2.27. The summed E-state index contributed by atoms with van der Waals surface area (Å²) in [4.78, 5) is 30.0. The summed E-state index contributed by atoms with van der Waals surface area (Å²) in [6.07, 6.45) is 2.63. The first-order valence-corrected chi connectivity index (χ1v) is 12.5. The maximum Gasteiger partial charge on any atom is 0.258 e. The van der Waals surface area contributed by atoms with Gasteiger partial charge in [0.2, 0.25) is 10.0 Å². The van der Waals surface area contributed by atoms with Gasteiger partial charge in [0.15, 0.2) is 0 Å². The Kier molecular flexibility index (Phi) is 6.88. The van der Waals surface area contributed by atoms with E-state index in [1.807, 2.05) is 26.8 Å². The van der Waals surface area contributed by atoms with E-state index < -0.39 is 10.0 Å². The molecule has 8 nitrogen and oxygen atoms in total. The molecule has 1 amide bonds. The van der Waals surface area contributed by atoms with Crippen LogP contribution < -0.4 is 19.9 Å². The third-order valence-electron chi connectivity index (χ3n) is 5.31. The van der Waals surface area contributed by atoms with Crippen molar-refractivity contribution in [2.75, 3.05) is 30.0 Å². The molecule has 0 aliphatic rings. The number of methoxy groups -OCH3 is 1. The fourth-order valence-electron chi connectivity index (χ4n) is 3.64. The van der Waals surface area contributed by atoms with E-state index in [0.29, 0.717) is 33.8 Å². The average Bonchev–Trinajstić information content (AvgIpc) is 2.76. The van der Waals surface area contributed by atoms with E-state index in [2.05, 4.69) is 9.71 Å². The monoisotopic (exact) mass is 483 g/mol. The minimum atomic E-state index is -3.42. The lowest BCUT2D eigenvalue weighted by molar-refractivity contribution is 0.0992. The van der Waals surface area contributed by atoms with Gasteiger partial charge < -0.3 is 14.6 Å². The van der Waals surface area contributed by atoms with Crippen molar-refractivity contribution in [1.29, 1.82) is 0 Å². The number of rotatable bonds is 6. The second-order valence-electron chi connectivity index (χ2n) is 9.05. The fraction of sp³-hybridized carbons (Fsp3) is 0.280. The van der Waals surface area contributed by atoms with Crippen LogP contribution in [0.15, 0.2) is 59.5 Å². The number of ether oxygens (including phenoxy) is 1. The first kappa shape index (κ1) is 25.0. The first-order valence-electron chi connectivity index (χ1n) is 10.6. The van der Waals surface area contributed by atoms with Crippen LogP contribution in [0.1, 0.15) is 36.7 Å². The van der Waals surface area contributed by atoms with Crippen LogP contribution in [0.3, 0.4) is 0 Å². The van der Waals surface area contributed by atoms with Crippen molar-refractivity contribution in [3.05, 3.63) is 76.2 Å². The quantitative estimate of drug-likeness (QED) is 0.551. The van der Waals surface area contributed by atoms with Gasteiger partial charge in [0.25, 0.3) is 11.5 Å². The van der Waals surface area contributed by atoms with Gasteiger partial charge in [0.1, 0.15) is 5.75 Å². The summed E-state index contributed by atoms with van der Waals surface area (Å²) < 4.78 is 31.0. The van der Waals surface area contributed by atoms with Crippen LogP contribution in [-0.4, -0.2) is 39.7 Å². The van der Waals surface area contributed by atoms with Crippen molar-refractivity contribution in [2.24, 2.45) is 0 Å². The van der Waals surface area contributed by atoms with E-state index in [-0.39, 0.29) is 16.9 Å². The van der Waals surface area contributed by atoms with E-state index in [4.69, 9.17) is 4.74 Å². The zero-order valence-corrected chi connectivity index (χ0v) is 20.9. The predicted octanol–water partition coefficient (Wildman–Crippen LogP) is 4.00. The number of hydrogen-bond acceptors (Lipinski definition) is 5. The van der Waals surface area contributed by atoms with Gasteiger partial charge in [-0.2, -0.15) is 0 Å². The largest absolute Gasteiger partial charge is 0.494 e. The normalized spacial score (nSPS) is 11.7. The zero-order valence-electron chi connectivity index (χ0n) is 20.1. The molecule has 0 atom stereocenters. The minimum absolute atomic E-state index is 0.235. The number of aromatic nitrogens is 1. The standard InChI is InChI=1S/C25H29N3O5S/c1-25(2,3)20-14-17(19-8-7-13-26-23(19)29)15-21(22(20)33-5)28(4)24(30)16-9-11-18(12-10-16)27-34(6,31)32/h7-15,27H,1-6H3,(H,26,29). The summed E-state index contributed by atoms with van der Waals surface area (Å²) >= 11 is 0. The maximum absolute atomic E-state index is 13.3. The highest BCUT2D eigenvalue weighted by Crippen LogP contribution is 2.42. The lowest BCUT2D eigenvalue weighted by atomic mass is 9.84. The number of nitrogens with zero attached hydrogens (tertiary/aromatic N) is 1. The van der Waals surface area contributed by atoms with Crippen LogP contribution in [0.2, 0.25) is 0 Å². The number of aromatic amines is 1. The number of carbonyl (C=O) groups is 1. The molecule has 2 N–H and O–H groups in total.